The first-order valence-electron chi connectivity index (χ1n) is 6.60. The maximum atomic E-state index is 11.8. The summed E-state index contributed by atoms with van der Waals surface area (Å²) in [5, 5.41) is 20.0. The van der Waals surface area contributed by atoms with Crippen molar-refractivity contribution >= 4 is 12.0 Å². The highest BCUT2D eigenvalue weighted by molar-refractivity contribution is 5.79. The molecule has 110 valence electrons. The lowest BCUT2D eigenvalue weighted by Gasteiger charge is -2.30. The first-order valence-corrected chi connectivity index (χ1v) is 6.60. The van der Waals surface area contributed by atoms with E-state index >= 15 is 0 Å². The average molecular weight is 274 g/mol. The summed E-state index contributed by atoms with van der Waals surface area (Å²) in [4.78, 5) is 24.8. The fourth-order valence-corrected chi connectivity index (χ4v) is 1.98. The van der Waals surface area contributed by atoms with Crippen LogP contribution in [0, 0.1) is 5.92 Å². The zero-order valence-corrected chi connectivity index (χ0v) is 11.0. The van der Waals surface area contributed by atoms with Gasteiger partial charge in [0, 0.05) is 32.2 Å². The normalized spacial score (nSPS) is 16.2. The van der Waals surface area contributed by atoms with Crippen molar-refractivity contribution in [2.24, 2.45) is 5.92 Å². The van der Waals surface area contributed by atoms with Gasteiger partial charge in [0.05, 0.1) is 6.61 Å². The first-order chi connectivity index (χ1) is 9.19. The minimum atomic E-state index is -0.437. The number of amides is 2. The van der Waals surface area contributed by atoms with Gasteiger partial charge in [0.1, 0.15) is 6.61 Å². The lowest BCUT2D eigenvalue weighted by atomic mass is 9.96. The Morgan fingerprint density at radius 1 is 1.21 bits per heavy atom. The number of rotatable bonds is 6. The van der Waals surface area contributed by atoms with Gasteiger partial charge in [-0.05, 0) is 19.3 Å². The van der Waals surface area contributed by atoms with Crippen LogP contribution >= 0.6 is 0 Å². The molecule has 7 nitrogen and oxygen atoms in total. The zero-order valence-electron chi connectivity index (χ0n) is 11.0. The van der Waals surface area contributed by atoms with E-state index in [2.05, 4.69) is 5.32 Å². The van der Waals surface area contributed by atoms with E-state index in [0.29, 0.717) is 38.9 Å². The highest BCUT2D eigenvalue weighted by atomic mass is 16.6. The molecule has 1 fully saturated rings. The third-order valence-electron chi connectivity index (χ3n) is 3.07. The lowest BCUT2D eigenvalue weighted by Crippen LogP contribution is -2.43. The largest absolute Gasteiger partial charge is 0.447 e. The molecule has 0 aromatic carbocycles. The molecule has 1 rings (SSSR count). The summed E-state index contributed by atoms with van der Waals surface area (Å²) in [6.07, 6.45) is 1.34. The second kappa shape index (κ2) is 8.71. The Balaban J connectivity index is 2.24. The van der Waals surface area contributed by atoms with E-state index in [1.165, 1.54) is 0 Å². The Bertz CT molecular complexity index is 290. The van der Waals surface area contributed by atoms with Crippen LogP contribution < -0.4 is 5.32 Å². The van der Waals surface area contributed by atoms with E-state index in [0.717, 1.165) is 0 Å². The van der Waals surface area contributed by atoms with E-state index in [1.807, 2.05) is 0 Å². The molecule has 7 heteroatoms. The number of aliphatic hydroxyl groups excluding tert-OH is 2. The molecule has 19 heavy (non-hydrogen) atoms. The van der Waals surface area contributed by atoms with Gasteiger partial charge in [0.2, 0.25) is 5.91 Å². The van der Waals surface area contributed by atoms with Gasteiger partial charge in [0.25, 0.3) is 0 Å². The Labute approximate surface area is 112 Å². The molecule has 1 saturated heterocycles. The van der Waals surface area contributed by atoms with Gasteiger partial charge in [-0.25, -0.2) is 4.79 Å². The Morgan fingerprint density at radius 2 is 1.89 bits per heavy atom. The highest BCUT2D eigenvalue weighted by Gasteiger charge is 2.27. The second-order valence-corrected chi connectivity index (χ2v) is 4.47. The number of hydrogen-bond donors (Lipinski definition) is 3. The number of likely N-dealkylation sites (tertiary alicyclic amines) is 1. The third-order valence-corrected chi connectivity index (χ3v) is 3.07. The van der Waals surface area contributed by atoms with Crippen LogP contribution in [-0.2, 0) is 9.53 Å². The topological polar surface area (TPSA) is 99.1 Å². The molecule has 0 atom stereocenters. The Kier molecular flexibility index (Phi) is 7.20. The molecular weight excluding hydrogens is 252 g/mol. The van der Waals surface area contributed by atoms with E-state index in [1.54, 1.807) is 4.90 Å². The zero-order chi connectivity index (χ0) is 14.1. The van der Waals surface area contributed by atoms with Crippen LogP contribution in [-0.4, -0.2) is 66.6 Å². The van der Waals surface area contributed by atoms with Crippen LogP contribution in [0.5, 0.6) is 0 Å². The molecule has 1 aliphatic heterocycles. The molecule has 0 radical (unpaired) electrons. The summed E-state index contributed by atoms with van der Waals surface area (Å²) in [6, 6.07) is 0. The molecule has 0 aliphatic carbocycles. The van der Waals surface area contributed by atoms with Gasteiger partial charge in [-0.1, -0.05) is 0 Å². The van der Waals surface area contributed by atoms with Crippen molar-refractivity contribution in [2.75, 3.05) is 39.5 Å². The maximum Gasteiger partial charge on any atom is 0.409 e. The van der Waals surface area contributed by atoms with Crippen LogP contribution in [0.4, 0.5) is 4.79 Å². The summed E-state index contributed by atoms with van der Waals surface area (Å²) >= 11 is 0. The predicted molar refractivity (Wildman–Crippen MR) is 67.4 cm³/mol. The van der Waals surface area contributed by atoms with Crippen molar-refractivity contribution in [2.45, 2.75) is 19.3 Å². The van der Waals surface area contributed by atoms with Gasteiger partial charge in [-0.15, -0.1) is 0 Å². The van der Waals surface area contributed by atoms with E-state index in [4.69, 9.17) is 14.9 Å². The Hall–Kier alpha value is -1.34. The lowest BCUT2D eigenvalue weighted by molar-refractivity contribution is -0.126. The maximum absolute atomic E-state index is 11.8. The number of carbonyl (C=O) groups is 2. The van der Waals surface area contributed by atoms with Gasteiger partial charge in [0.15, 0.2) is 0 Å². The quantitative estimate of drug-likeness (QED) is 0.558. The smallest absolute Gasteiger partial charge is 0.409 e. The molecule has 1 heterocycles. The van der Waals surface area contributed by atoms with Crippen LogP contribution in [0.3, 0.4) is 0 Å². The van der Waals surface area contributed by atoms with Crippen molar-refractivity contribution in [1.82, 2.24) is 10.2 Å². The van der Waals surface area contributed by atoms with Crippen LogP contribution in [0.15, 0.2) is 0 Å². The number of piperidine rings is 1. The van der Waals surface area contributed by atoms with Crippen molar-refractivity contribution in [1.29, 1.82) is 0 Å². The fourth-order valence-electron chi connectivity index (χ4n) is 1.98. The summed E-state index contributed by atoms with van der Waals surface area (Å²) in [7, 11) is 0. The molecule has 0 aromatic rings. The minimum Gasteiger partial charge on any atom is -0.447 e. The molecule has 0 unspecified atom stereocenters. The van der Waals surface area contributed by atoms with Gasteiger partial charge in [-0.2, -0.15) is 0 Å². The van der Waals surface area contributed by atoms with Gasteiger partial charge in [-0.3, -0.25) is 4.79 Å². The van der Waals surface area contributed by atoms with Crippen LogP contribution in [0.1, 0.15) is 19.3 Å². The molecule has 0 saturated carbocycles. The van der Waals surface area contributed by atoms with Gasteiger partial charge < -0.3 is 25.2 Å². The molecule has 0 aromatic heterocycles. The SMILES string of the molecule is O=C(NCCCO)C1CCN(C(=O)OCCO)CC1. The van der Waals surface area contributed by atoms with Gasteiger partial charge >= 0.3 is 6.09 Å². The van der Waals surface area contributed by atoms with Crippen molar-refractivity contribution < 1.29 is 24.5 Å². The van der Waals surface area contributed by atoms with Crippen molar-refractivity contribution in [3.63, 3.8) is 0 Å². The number of hydrogen-bond acceptors (Lipinski definition) is 5. The van der Waals surface area contributed by atoms with Crippen molar-refractivity contribution in [3.05, 3.63) is 0 Å². The highest BCUT2D eigenvalue weighted by Crippen LogP contribution is 2.17. The fraction of sp³-hybridized carbons (Fsp3) is 0.833. The standard InChI is InChI=1S/C12H22N2O5/c15-7-1-4-13-11(17)10-2-5-14(6-3-10)12(18)19-9-8-16/h10,15-16H,1-9H2,(H,13,17). The van der Waals surface area contributed by atoms with Crippen molar-refractivity contribution in [3.8, 4) is 0 Å². The van der Waals surface area contributed by atoms with E-state index in [9.17, 15) is 9.59 Å². The number of nitrogens with zero attached hydrogens (tertiary/aromatic N) is 1. The van der Waals surface area contributed by atoms with Crippen LogP contribution in [0.2, 0.25) is 0 Å². The molecule has 1 aliphatic rings. The summed E-state index contributed by atoms with van der Waals surface area (Å²) in [6.45, 7) is 1.34. The second-order valence-electron chi connectivity index (χ2n) is 4.47. The monoisotopic (exact) mass is 274 g/mol. The number of aliphatic hydroxyl groups is 2. The molecule has 0 spiro atoms. The summed E-state index contributed by atoms with van der Waals surface area (Å²) in [5.41, 5.74) is 0. The summed E-state index contributed by atoms with van der Waals surface area (Å²) < 4.78 is 4.81. The first kappa shape index (κ1) is 15.7. The van der Waals surface area contributed by atoms with E-state index < -0.39 is 6.09 Å². The number of nitrogens with one attached hydrogen (secondary N) is 1. The summed E-state index contributed by atoms with van der Waals surface area (Å²) in [5.74, 6) is -0.0996. The van der Waals surface area contributed by atoms with E-state index in [-0.39, 0.29) is 31.6 Å². The molecule has 2 amide bonds. The molecule has 0 bridgehead atoms. The molecule has 3 N–H and O–H groups in total. The average Bonchev–Trinajstić information content (AvgIpc) is 2.45. The minimum absolute atomic E-state index is 0.000405. The van der Waals surface area contributed by atoms with Crippen LogP contribution in [0.25, 0.3) is 0 Å². The predicted octanol–water partition coefficient (Wildman–Crippen LogP) is -0.674. The third kappa shape index (κ3) is 5.44. The number of carbonyl (C=O) groups excluding carboxylic acids is 2. The number of ether oxygens (including phenoxy) is 1. The molecular formula is C12H22N2O5. The Morgan fingerprint density at radius 3 is 2.47 bits per heavy atom.